The molecule has 0 aromatic carbocycles. The first kappa shape index (κ1) is 13.9. The van der Waals surface area contributed by atoms with Crippen LogP contribution in [0.15, 0.2) is 12.1 Å². The number of nitriles is 1. The van der Waals surface area contributed by atoms with E-state index in [-0.39, 0.29) is 0 Å². The average molecular weight is 257 g/mol. The van der Waals surface area contributed by atoms with E-state index in [1.165, 1.54) is 25.7 Å². The topological polar surface area (TPSA) is 48.7 Å². The van der Waals surface area contributed by atoms with Gasteiger partial charge in [-0.3, -0.25) is 0 Å². The fourth-order valence-electron chi connectivity index (χ4n) is 3.13. The Labute approximate surface area is 116 Å². The van der Waals surface area contributed by atoms with Crippen LogP contribution in [0.4, 0.5) is 5.82 Å². The van der Waals surface area contributed by atoms with Crippen molar-refractivity contribution in [1.82, 2.24) is 4.98 Å². The molecule has 1 N–H and O–H groups in total. The maximum Gasteiger partial charge on any atom is 0.127 e. The third-order valence-corrected chi connectivity index (χ3v) is 4.09. The highest BCUT2D eigenvalue weighted by atomic mass is 15.0. The molecule has 2 rings (SSSR count). The summed E-state index contributed by atoms with van der Waals surface area (Å²) < 4.78 is 0. The van der Waals surface area contributed by atoms with Crippen molar-refractivity contribution in [3.8, 4) is 6.07 Å². The highest BCUT2D eigenvalue weighted by molar-refractivity contribution is 5.45. The molecule has 1 aromatic rings. The van der Waals surface area contributed by atoms with Crippen LogP contribution in [0.5, 0.6) is 0 Å². The Hall–Kier alpha value is -1.56. The lowest BCUT2D eigenvalue weighted by atomic mass is 9.78. The van der Waals surface area contributed by atoms with Gasteiger partial charge in [-0.05, 0) is 43.7 Å². The molecule has 102 valence electrons. The predicted molar refractivity (Wildman–Crippen MR) is 77.9 cm³/mol. The third kappa shape index (κ3) is 3.47. The maximum atomic E-state index is 9.03. The summed E-state index contributed by atoms with van der Waals surface area (Å²) in [4.78, 5) is 4.51. The van der Waals surface area contributed by atoms with Crippen molar-refractivity contribution in [2.24, 2.45) is 11.8 Å². The molecule has 0 amide bonds. The molecule has 0 saturated heterocycles. The van der Waals surface area contributed by atoms with Gasteiger partial charge in [-0.1, -0.05) is 26.7 Å². The van der Waals surface area contributed by atoms with E-state index in [0.29, 0.717) is 23.4 Å². The fourth-order valence-corrected chi connectivity index (χ4v) is 3.13. The van der Waals surface area contributed by atoms with Crippen molar-refractivity contribution in [3.05, 3.63) is 23.4 Å². The van der Waals surface area contributed by atoms with Gasteiger partial charge in [0.05, 0.1) is 11.6 Å². The van der Waals surface area contributed by atoms with Gasteiger partial charge in [0.25, 0.3) is 0 Å². The van der Waals surface area contributed by atoms with E-state index in [9.17, 15) is 0 Å². The van der Waals surface area contributed by atoms with Crippen LogP contribution in [0.1, 0.15) is 50.8 Å². The van der Waals surface area contributed by atoms with Gasteiger partial charge in [0, 0.05) is 11.7 Å². The maximum absolute atomic E-state index is 9.03. The van der Waals surface area contributed by atoms with E-state index in [2.05, 4.69) is 30.2 Å². The fraction of sp³-hybridized carbons (Fsp3) is 0.625. The molecule has 1 aliphatic carbocycles. The lowest BCUT2D eigenvalue weighted by Gasteiger charge is -2.35. The molecule has 1 fully saturated rings. The molecule has 0 bridgehead atoms. The molecule has 0 radical (unpaired) electrons. The van der Waals surface area contributed by atoms with E-state index >= 15 is 0 Å². The van der Waals surface area contributed by atoms with Gasteiger partial charge in [-0.2, -0.15) is 5.26 Å². The summed E-state index contributed by atoms with van der Waals surface area (Å²) in [6.07, 6.45) is 5.14. The smallest absolute Gasteiger partial charge is 0.127 e. The van der Waals surface area contributed by atoms with Crippen LogP contribution in [-0.4, -0.2) is 11.0 Å². The molecular formula is C16H23N3. The number of hydrogen-bond acceptors (Lipinski definition) is 3. The number of nitrogens with zero attached hydrogens (tertiary/aromatic N) is 2. The first-order valence-corrected chi connectivity index (χ1v) is 7.25. The summed E-state index contributed by atoms with van der Waals surface area (Å²) in [5.41, 5.74) is 1.59. The van der Waals surface area contributed by atoms with Crippen LogP contribution in [-0.2, 0) is 0 Å². The van der Waals surface area contributed by atoms with Gasteiger partial charge < -0.3 is 5.32 Å². The van der Waals surface area contributed by atoms with Crippen LogP contribution in [0, 0.1) is 30.1 Å². The van der Waals surface area contributed by atoms with E-state index < -0.39 is 0 Å². The molecule has 1 aromatic heterocycles. The van der Waals surface area contributed by atoms with Crippen LogP contribution in [0.25, 0.3) is 0 Å². The average Bonchev–Trinajstić information content (AvgIpc) is 2.38. The summed E-state index contributed by atoms with van der Waals surface area (Å²) in [5, 5.41) is 12.6. The molecule has 1 saturated carbocycles. The quantitative estimate of drug-likeness (QED) is 0.893. The van der Waals surface area contributed by atoms with Crippen molar-refractivity contribution in [3.63, 3.8) is 0 Å². The Morgan fingerprint density at radius 2 is 2.05 bits per heavy atom. The number of pyridine rings is 1. The summed E-state index contributed by atoms with van der Waals surface area (Å²) in [6, 6.07) is 6.38. The monoisotopic (exact) mass is 257 g/mol. The summed E-state index contributed by atoms with van der Waals surface area (Å²) >= 11 is 0. The standard InChI is InChI=1S/C16H23N3/c1-11(2)14-6-4-5-7-15(14)19-16-9-13(10-17)8-12(3)18-16/h8-9,11,14-15H,4-7H2,1-3H3,(H,18,19). The molecule has 1 heterocycles. The SMILES string of the molecule is Cc1cc(C#N)cc(NC2CCCCC2C(C)C)n1. The Morgan fingerprint density at radius 3 is 2.74 bits per heavy atom. The van der Waals surface area contributed by atoms with Gasteiger partial charge in [0.1, 0.15) is 5.82 Å². The Balaban J connectivity index is 2.15. The number of hydrogen-bond donors (Lipinski definition) is 1. The van der Waals surface area contributed by atoms with E-state index in [1.807, 2.05) is 19.1 Å². The summed E-state index contributed by atoms with van der Waals surface area (Å²) in [5.74, 6) is 2.26. The predicted octanol–water partition coefficient (Wildman–Crippen LogP) is 3.89. The lowest BCUT2D eigenvalue weighted by Crippen LogP contribution is -2.35. The zero-order valence-corrected chi connectivity index (χ0v) is 12.1. The second-order valence-corrected chi connectivity index (χ2v) is 5.94. The van der Waals surface area contributed by atoms with Crippen LogP contribution in [0.3, 0.4) is 0 Å². The number of aromatic nitrogens is 1. The van der Waals surface area contributed by atoms with Crippen LogP contribution in [0.2, 0.25) is 0 Å². The zero-order chi connectivity index (χ0) is 13.8. The second kappa shape index (κ2) is 6.06. The van der Waals surface area contributed by atoms with E-state index in [4.69, 9.17) is 5.26 Å². The first-order chi connectivity index (χ1) is 9.10. The number of anilines is 1. The van der Waals surface area contributed by atoms with Crippen LogP contribution >= 0.6 is 0 Å². The molecule has 1 aliphatic rings. The molecule has 0 spiro atoms. The normalized spacial score (nSPS) is 23.1. The van der Waals surface area contributed by atoms with Crippen molar-refractivity contribution in [2.75, 3.05) is 5.32 Å². The first-order valence-electron chi connectivity index (χ1n) is 7.25. The number of rotatable bonds is 3. The Bertz CT molecular complexity index is 473. The van der Waals surface area contributed by atoms with E-state index in [0.717, 1.165) is 11.5 Å². The van der Waals surface area contributed by atoms with Crippen LogP contribution < -0.4 is 5.32 Å². The van der Waals surface area contributed by atoms with Crippen molar-refractivity contribution in [2.45, 2.75) is 52.5 Å². The zero-order valence-electron chi connectivity index (χ0n) is 12.1. The Morgan fingerprint density at radius 1 is 1.32 bits per heavy atom. The second-order valence-electron chi connectivity index (χ2n) is 5.94. The molecule has 3 heteroatoms. The molecule has 3 nitrogen and oxygen atoms in total. The van der Waals surface area contributed by atoms with E-state index in [1.54, 1.807) is 0 Å². The van der Waals surface area contributed by atoms with Gasteiger partial charge in [0.2, 0.25) is 0 Å². The van der Waals surface area contributed by atoms with Gasteiger partial charge in [-0.15, -0.1) is 0 Å². The number of nitrogens with one attached hydrogen (secondary N) is 1. The minimum absolute atomic E-state index is 0.495. The van der Waals surface area contributed by atoms with Gasteiger partial charge >= 0.3 is 0 Å². The van der Waals surface area contributed by atoms with Crippen molar-refractivity contribution in [1.29, 1.82) is 5.26 Å². The molecule has 2 atom stereocenters. The van der Waals surface area contributed by atoms with Crippen molar-refractivity contribution < 1.29 is 0 Å². The van der Waals surface area contributed by atoms with Gasteiger partial charge in [0.15, 0.2) is 0 Å². The minimum Gasteiger partial charge on any atom is -0.367 e. The Kier molecular flexibility index (Phi) is 4.42. The largest absolute Gasteiger partial charge is 0.367 e. The lowest BCUT2D eigenvalue weighted by molar-refractivity contribution is 0.253. The van der Waals surface area contributed by atoms with Gasteiger partial charge in [-0.25, -0.2) is 4.98 Å². The highest BCUT2D eigenvalue weighted by Gasteiger charge is 2.27. The molecule has 2 unspecified atom stereocenters. The summed E-state index contributed by atoms with van der Waals surface area (Å²) in [7, 11) is 0. The minimum atomic E-state index is 0.495. The molecule has 0 aliphatic heterocycles. The number of aryl methyl sites for hydroxylation is 1. The summed E-state index contributed by atoms with van der Waals surface area (Å²) in [6.45, 7) is 6.54. The van der Waals surface area contributed by atoms with Crippen molar-refractivity contribution >= 4 is 5.82 Å². The molecule has 19 heavy (non-hydrogen) atoms. The molecular weight excluding hydrogens is 234 g/mol. The third-order valence-electron chi connectivity index (χ3n) is 4.09. The highest BCUT2D eigenvalue weighted by Crippen LogP contribution is 2.32.